The van der Waals surface area contributed by atoms with Crippen LogP contribution in [0.15, 0.2) is 30.6 Å². The molecule has 110 valence electrons. The minimum Gasteiger partial charge on any atom is -0.348 e. The van der Waals surface area contributed by atoms with Crippen LogP contribution >= 0.6 is 0 Å². The molecular formula is C12H14N6O3. The summed E-state index contributed by atoms with van der Waals surface area (Å²) in [6.45, 7) is 1.89. The van der Waals surface area contributed by atoms with E-state index < -0.39 is 4.92 Å². The third-order valence-corrected chi connectivity index (χ3v) is 2.92. The molecule has 0 saturated carbocycles. The number of tetrazole rings is 1. The fraction of sp³-hybridized carbons (Fsp3) is 0.333. The number of hydrogen-bond acceptors (Lipinski definition) is 6. The number of nitro benzene ring substituents is 1. The molecule has 1 heterocycles. The Morgan fingerprint density at radius 2 is 2.33 bits per heavy atom. The molecule has 0 bridgehead atoms. The molecule has 0 unspecified atom stereocenters. The molecule has 0 aliphatic carbocycles. The molecule has 1 N–H and O–H groups in total. The van der Waals surface area contributed by atoms with E-state index in [-0.39, 0.29) is 24.2 Å². The van der Waals surface area contributed by atoms with E-state index in [9.17, 15) is 14.9 Å². The van der Waals surface area contributed by atoms with Crippen LogP contribution in [0.1, 0.15) is 24.9 Å². The van der Waals surface area contributed by atoms with E-state index in [1.54, 1.807) is 12.1 Å². The number of rotatable bonds is 6. The molecule has 0 saturated heterocycles. The first kappa shape index (κ1) is 14.6. The maximum atomic E-state index is 11.9. The second kappa shape index (κ2) is 6.55. The first-order valence-corrected chi connectivity index (χ1v) is 6.34. The van der Waals surface area contributed by atoms with Crippen molar-refractivity contribution in [1.82, 2.24) is 25.5 Å². The van der Waals surface area contributed by atoms with E-state index in [0.29, 0.717) is 12.0 Å². The van der Waals surface area contributed by atoms with E-state index >= 15 is 0 Å². The van der Waals surface area contributed by atoms with Gasteiger partial charge >= 0.3 is 0 Å². The van der Waals surface area contributed by atoms with E-state index in [2.05, 4.69) is 20.8 Å². The molecule has 9 heteroatoms. The van der Waals surface area contributed by atoms with Gasteiger partial charge < -0.3 is 5.32 Å². The number of nitro groups is 1. The van der Waals surface area contributed by atoms with E-state index in [1.807, 2.05) is 6.92 Å². The summed E-state index contributed by atoms with van der Waals surface area (Å²) in [6.07, 6.45) is 1.95. The highest BCUT2D eigenvalue weighted by atomic mass is 16.6. The molecule has 21 heavy (non-hydrogen) atoms. The van der Waals surface area contributed by atoms with Crippen molar-refractivity contribution in [3.05, 3.63) is 46.3 Å². The zero-order valence-electron chi connectivity index (χ0n) is 11.3. The smallest absolute Gasteiger partial charge is 0.269 e. The molecule has 2 rings (SSSR count). The summed E-state index contributed by atoms with van der Waals surface area (Å²) in [5.74, 6) is -0.263. The lowest BCUT2D eigenvalue weighted by Gasteiger charge is -2.17. The van der Waals surface area contributed by atoms with Crippen LogP contribution in [0.5, 0.6) is 0 Å². The molecule has 0 spiro atoms. The standard InChI is InChI=1S/C12H14N6O3/c1-2-11(9-4-3-5-10(6-9)18(20)21)14-12(19)7-17-8-13-15-16-17/h3-6,8,11H,2,7H2,1H3,(H,14,19)/t11-/m0/s1. The van der Waals surface area contributed by atoms with E-state index in [4.69, 9.17) is 0 Å². The number of carbonyl (C=O) groups excluding carboxylic acids is 1. The highest BCUT2D eigenvalue weighted by Crippen LogP contribution is 2.21. The average molecular weight is 290 g/mol. The first-order chi connectivity index (χ1) is 10.1. The zero-order valence-corrected chi connectivity index (χ0v) is 11.3. The first-order valence-electron chi connectivity index (χ1n) is 6.34. The number of non-ortho nitro benzene ring substituents is 1. The van der Waals surface area contributed by atoms with Gasteiger partial charge in [-0.2, -0.15) is 0 Å². The van der Waals surface area contributed by atoms with Crippen LogP contribution in [0, 0.1) is 10.1 Å². The fourth-order valence-electron chi connectivity index (χ4n) is 1.92. The van der Waals surface area contributed by atoms with Gasteiger partial charge in [0.05, 0.1) is 11.0 Å². The van der Waals surface area contributed by atoms with Crippen LogP contribution in [0.4, 0.5) is 5.69 Å². The van der Waals surface area contributed by atoms with Gasteiger partial charge in [-0.05, 0) is 22.4 Å². The van der Waals surface area contributed by atoms with Crippen molar-refractivity contribution in [3.8, 4) is 0 Å². The second-order valence-corrected chi connectivity index (χ2v) is 4.39. The van der Waals surface area contributed by atoms with Gasteiger partial charge in [-0.25, -0.2) is 4.68 Å². The van der Waals surface area contributed by atoms with Crippen molar-refractivity contribution in [2.24, 2.45) is 0 Å². The van der Waals surface area contributed by atoms with Crippen LogP contribution in [-0.2, 0) is 11.3 Å². The normalized spacial score (nSPS) is 11.9. The Labute approximate surface area is 120 Å². The van der Waals surface area contributed by atoms with Crippen LogP contribution in [-0.4, -0.2) is 31.0 Å². The molecule has 1 amide bonds. The fourth-order valence-corrected chi connectivity index (χ4v) is 1.92. The van der Waals surface area contributed by atoms with Gasteiger partial charge in [-0.3, -0.25) is 14.9 Å². The number of aromatic nitrogens is 4. The van der Waals surface area contributed by atoms with Crippen molar-refractivity contribution >= 4 is 11.6 Å². The number of carbonyl (C=O) groups is 1. The van der Waals surface area contributed by atoms with E-state index in [0.717, 1.165) is 0 Å². The number of hydrogen-bond donors (Lipinski definition) is 1. The lowest BCUT2D eigenvalue weighted by Crippen LogP contribution is -2.31. The number of amides is 1. The van der Waals surface area contributed by atoms with Gasteiger partial charge in [0, 0.05) is 12.1 Å². The Hall–Kier alpha value is -2.84. The molecule has 1 atom stereocenters. The maximum absolute atomic E-state index is 11.9. The summed E-state index contributed by atoms with van der Waals surface area (Å²) in [6, 6.07) is 5.93. The van der Waals surface area contributed by atoms with Crippen molar-refractivity contribution in [1.29, 1.82) is 0 Å². The number of nitrogens with zero attached hydrogens (tertiary/aromatic N) is 5. The van der Waals surface area contributed by atoms with Gasteiger partial charge in [0.15, 0.2) is 0 Å². The molecule has 0 aliphatic heterocycles. The topological polar surface area (TPSA) is 116 Å². The maximum Gasteiger partial charge on any atom is 0.269 e. The summed E-state index contributed by atoms with van der Waals surface area (Å²) < 4.78 is 1.30. The number of benzene rings is 1. The lowest BCUT2D eigenvalue weighted by molar-refractivity contribution is -0.384. The van der Waals surface area contributed by atoms with Crippen LogP contribution in [0.3, 0.4) is 0 Å². The Balaban J connectivity index is 2.07. The Bertz CT molecular complexity index is 628. The summed E-state index contributed by atoms with van der Waals surface area (Å²) in [5, 5.41) is 24.1. The highest BCUT2D eigenvalue weighted by molar-refractivity contribution is 5.76. The zero-order chi connectivity index (χ0) is 15.2. The molecule has 1 aromatic carbocycles. The Morgan fingerprint density at radius 1 is 1.52 bits per heavy atom. The predicted molar refractivity (Wildman–Crippen MR) is 72.1 cm³/mol. The third kappa shape index (κ3) is 3.81. The Morgan fingerprint density at radius 3 is 2.95 bits per heavy atom. The minimum absolute atomic E-state index is 0.000625. The molecule has 9 nitrogen and oxygen atoms in total. The molecule has 2 aromatic rings. The third-order valence-electron chi connectivity index (χ3n) is 2.92. The number of nitrogens with one attached hydrogen (secondary N) is 1. The van der Waals surface area contributed by atoms with Gasteiger partial charge in [0.25, 0.3) is 5.69 Å². The molecule has 0 aliphatic rings. The van der Waals surface area contributed by atoms with Crippen molar-refractivity contribution < 1.29 is 9.72 Å². The van der Waals surface area contributed by atoms with Gasteiger partial charge in [0.2, 0.25) is 5.91 Å². The van der Waals surface area contributed by atoms with Crippen molar-refractivity contribution in [3.63, 3.8) is 0 Å². The largest absolute Gasteiger partial charge is 0.348 e. The highest BCUT2D eigenvalue weighted by Gasteiger charge is 2.16. The molecule has 1 aromatic heterocycles. The van der Waals surface area contributed by atoms with Gasteiger partial charge in [-0.1, -0.05) is 19.1 Å². The van der Waals surface area contributed by atoms with E-state index in [1.165, 1.54) is 23.1 Å². The van der Waals surface area contributed by atoms with Crippen LogP contribution in [0.25, 0.3) is 0 Å². The van der Waals surface area contributed by atoms with Gasteiger partial charge in [0.1, 0.15) is 12.9 Å². The second-order valence-electron chi connectivity index (χ2n) is 4.39. The summed E-state index contributed by atoms with van der Waals surface area (Å²) in [7, 11) is 0. The lowest BCUT2D eigenvalue weighted by atomic mass is 10.0. The predicted octanol–water partition coefficient (Wildman–Crippen LogP) is 0.849. The van der Waals surface area contributed by atoms with Crippen molar-refractivity contribution in [2.75, 3.05) is 0 Å². The minimum atomic E-state index is -0.459. The SMILES string of the molecule is CC[C@H](NC(=O)Cn1cnnn1)c1cccc([N+](=O)[O-])c1. The van der Waals surface area contributed by atoms with Crippen molar-refractivity contribution in [2.45, 2.75) is 25.9 Å². The molecule has 0 radical (unpaired) electrons. The van der Waals surface area contributed by atoms with Crippen LogP contribution < -0.4 is 5.32 Å². The summed E-state index contributed by atoms with van der Waals surface area (Å²) in [5.41, 5.74) is 0.692. The van der Waals surface area contributed by atoms with Gasteiger partial charge in [-0.15, -0.1) is 5.10 Å². The van der Waals surface area contributed by atoms with Crippen LogP contribution in [0.2, 0.25) is 0 Å². The quantitative estimate of drug-likeness (QED) is 0.622. The monoisotopic (exact) mass is 290 g/mol. The Kier molecular flexibility index (Phi) is 4.54. The summed E-state index contributed by atoms with van der Waals surface area (Å²) >= 11 is 0. The average Bonchev–Trinajstić information content (AvgIpc) is 2.97. The molecule has 0 fully saturated rings. The molecular weight excluding hydrogens is 276 g/mol. The summed E-state index contributed by atoms with van der Waals surface area (Å²) in [4.78, 5) is 22.2.